The van der Waals surface area contributed by atoms with Crippen LogP contribution in [0.4, 0.5) is 4.79 Å². The number of carbonyl (C=O) groups excluding carboxylic acids is 2. The third-order valence-corrected chi connectivity index (χ3v) is 5.58. The largest absolute Gasteiger partial charge is 0.481 e. The molecular weight excluding hydrogens is 485 g/mol. The first-order chi connectivity index (χ1) is 16.2. The molecule has 0 aliphatic heterocycles. The van der Waals surface area contributed by atoms with E-state index in [2.05, 4.69) is 20.7 Å². The zero-order valence-electron chi connectivity index (χ0n) is 18.1. The molecule has 2 N–H and O–H groups in total. The second-order valence-electron chi connectivity index (χ2n) is 7.38. The van der Waals surface area contributed by atoms with Crippen LogP contribution in [0.15, 0.2) is 42.5 Å². The number of nitrogens with zero attached hydrogens (tertiary/aromatic N) is 4. The average Bonchev–Trinajstić information content (AvgIpc) is 3.22. The van der Waals surface area contributed by atoms with E-state index in [9.17, 15) is 14.4 Å². The lowest BCUT2D eigenvalue weighted by molar-refractivity contribution is -0.139. The van der Waals surface area contributed by atoms with E-state index >= 15 is 0 Å². The SMILES string of the molecule is Cc1ccccc1COC(=O)NC(CC(=O)O)C(=O)Cn1nnc(Cc2c(Cl)cccc2Cl)n1. The lowest BCUT2D eigenvalue weighted by atomic mass is 10.1. The van der Waals surface area contributed by atoms with Gasteiger partial charge in [0.25, 0.3) is 0 Å². The van der Waals surface area contributed by atoms with Gasteiger partial charge in [0.1, 0.15) is 19.2 Å². The summed E-state index contributed by atoms with van der Waals surface area (Å²) >= 11 is 12.3. The fourth-order valence-corrected chi connectivity index (χ4v) is 3.57. The van der Waals surface area contributed by atoms with Gasteiger partial charge >= 0.3 is 12.1 Å². The maximum absolute atomic E-state index is 12.7. The molecule has 0 spiro atoms. The minimum Gasteiger partial charge on any atom is -0.481 e. The number of ether oxygens (including phenoxy) is 1. The van der Waals surface area contributed by atoms with Gasteiger partial charge in [0.15, 0.2) is 11.6 Å². The van der Waals surface area contributed by atoms with Crippen LogP contribution in [-0.4, -0.2) is 49.2 Å². The van der Waals surface area contributed by atoms with Crippen LogP contribution in [0.2, 0.25) is 10.0 Å². The number of carbonyl (C=O) groups is 3. The Morgan fingerprint density at radius 1 is 1.12 bits per heavy atom. The smallest absolute Gasteiger partial charge is 0.408 e. The number of carboxylic acids is 1. The first-order valence-electron chi connectivity index (χ1n) is 10.1. The van der Waals surface area contributed by atoms with Gasteiger partial charge in [-0.3, -0.25) is 9.59 Å². The molecule has 0 saturated heterocycles. The molecule has 1 amide bonds. The molecule has 12 heteroatoms. The molecule has 1 unspecified atom stereocenters. The zero-order valence-corrected chi connectivity index (χ0v) is 19.6. The van der Waals surface area contributed by atoms with E-state index in [4.69, 9.17) is 33.0 Å². The summed E-state index contributed by atoms with van der Waals surface area (Å²) in [5.74, 6) is -1.63. The molecule has 1 aromatic heterocycles. The van der Waals surface area contributed by atoms with Crippen LogP contribution in [0.25, 0.3) is 0 Å². The monoisotopic (exact) mass is 505 g/mol. The minimum absolute atomic E-state index is 0.0227. The minimum atomic E-state index is -1.34. The molecule has 10 nitrogen and oxygen atoms in total. The average molecular weight is 506 g/mol. The Morgan fingerprint density at radius 2 is 1.82 bits per heavy atom. The maximum atomic E-state index is 12.7. The van der Waals surface area contributed by atoms with Crippen LogP contribution in [-0.2, 0) is 33.9 Å². The van der Waals surface area contributed by atoms with Gasteiger partial charge in [-0.2, -0.15) is 4.80 Å². The number of aryl methyl sites for hydroxylation is 1. The predicted octanol–water partition coefficient (Wildman–Crippen LogP) is 3.22. The molecule has 178 valence electrons. The van der Waals surface area contributed by atoms with Gasteiger partial charge in [0, 0.05) is 16.5 Å². The van der Waals surface area contributed by atoms with Crippen LogP contribution >= 0.6 is 23.2 Å². The molecule has 2 aromatic carbocycles. The Kier molecular flexibility index (Phi) is 8.55. The second-order valence-corrected chi connectivity index (χ2v) is 8.19. The number of carboxylic acid groups (broad SMARTS) is 1. The topological polar surface area (TPSA) is 136 Å². The van der Waals surface area contributed by atoms with Crippen molar-refractivity contribution in [1.29, 1.82) is 0 Å². The van der Waals surface area contributed by atoms with Crippen molar-refractivity contribution in [3.63, 3.8) is 0 Å². The highest BCUT2D eigenvalue weighted by atomic mass is 35.5. The number of nitrogens with one attached hydrogen (secondary N) is 1. The van der Waals surface area contributed by atoms with E-state index in [1.54, 1.807) is 30.3 Å². The summed E-state index contributed by atoms with van der Waals surface area (Å²) in [5, 5.41) is 24.2. The van der Waals surface area contributed by atoms with Crippen molar-refractivity contribution in [3.05, 3.63) is 75.0 Å². The Morgan fingerprint density at radius 3 is 2.50 bits per heavy atom. The summed E-state index contributed by atoms with van der Waals surface area (Å²) in [6, 6.07) is 11.0. The van der Waals surface area contributed by atoms with Crippen LogP contribution in [0.5, 0.6) is 0 Å². The molecule has 3 aromatic rings. The molecule has 0 fully saturated rings. The molecular formula is C22H21Cl2N5O5. The number of aliphatic carboxylic acids is 1. The normalized spacial score (nSPS) is 11.6. The molecule has 1 heterocycles. The Labute approximate surface area is 204 Å². The summed E-state index contributed by atoms with van der Waals surface area (Å²) in [7, 11) is 0. The summed E-state index contributed by atoms with van der Waals surface area (Å²) in [5.41, 5.74) is 2.33. The van der Waals surface area contributed by atoms with Crippen LogP contribution in [0.3, 0.4) is 0 Å². The molecule has 1 atom stereocenters. The zero-order chi connectivity index (χ0) is 24.7. The molecule has 0 saturated carbocycles. The summed E-state index contributed by atoms with van der Waals surface area (Å²) < 4.78 is 5.14. The number of tetrazole rings is 1. The quantitative estimate of drug-likeness (QED) is 0.428. The van der Waals surface area contributed by atoms with Gasteiger partial charge < -0.3 is 15.2 Å². The van der Waals surface area contributed by atoms with Crippen LogP contribution in [0, 0.1) is 6.92 Å². The highest BCUT2D eigenvalue weighted by Gasteiger charge is 2.25. The van der Waals surface area contributed by atoms with Gasteiger partial charge in [-0.15, -0.1) is 10.2 Å². The van der Waals surface area contributed by atoms with Gasteiger partial charge in [-0.05, 0) is 41.0 Å². The lowest BCUT2D eigenvalue weighted by Crippen LogP contribution is -2.44. The number of amides is 1. The third kappa shape index (κ3) is 7.00. The number of Topliss-reactive ketones (excluding diaryl/α,β-unsaturated/α-hetero) is 1. The Balaban J connectivity index is 1.61. The number of halogens is 2. The van der Waals surface area contributed by atoms with Crippen molar-refractivity contribution in [1.82, 2.24) is 25.5 Å². The van der Waals surface area contributed by atoms with Crippen molar-refractivity contribution in [2.45, 2.75) is 39.0 Å². The first kappa shape index (κ1) is 25.1. The lowest BCUT2D eigenvalue weighted by Gasteiger charge is -2.16. The van der Waals surface area contributed by atoms with Crippen LogP contribution in [0.1, 0.15) is 28.9 Å². The van der Waals surface area contributed by atoms with Crippen molar-refractivity contribution in [2.75, 3.05) is 0 Å². The van der Waals surface area contributed by atoms with Crippen molar-refractivity contribution in [3.8, 4) is 0 Å². The van der Waals surface area contributed by atoms with Crippen molar-refractivity contribution < 1.29 is 24.2 Å². The second kappa shape index (κ2) is 11.6. The molecule has 0 aliphatic carbocycles. The number of aromatic nitrogens is 4. The van der Waals surface area contributed by atoms with E-state index < -0.39 is 36.9 Å². The fraction of sp³-hybridized carbons (Fsp3) is 0.273. The number of rotatable bonds is 10. The van der Waals surface area contributed by atoms with E-state index in [-0.39, 0.29) is 18.9 Å². The van der Waals surface area contributed by atoms with E-state index in [1.165, 1.54) is 0 Å². The molecule has 0 aliphatic rings. The summed E-state index contributed by atoms with van der Waals surface area (Å²) in [6.45, 7) is 1.44. The highest BCUT2D eigenvalue weighted by molar-refractivity contribution is 6.36. The maximum Gasteiger partial charge on any atom is 0.408 e. The molecule has 3 rings (SSSR count). The molecule has 0 radical (unpaired) electrons. The highest BCUT2D eigenvalue weighted by Crippen LogP contribution is 2.25. The third-order valence-electron chi connectivity index (χ3n) is 4.87. The van der Waals surface area contributed by atoms with Gasteiger partial charge in [0.05, 0.1) is 6.42 Å². The fourth-order valence-electron chi connectivity index (χ4n) is 3.04. The first-order valence-corrected chi connectivity index (χ1v) is 10.9. The number of hydrogen-bond donors (Lipinski definition) is 2. The summed E-state index contributed by atoms with van der Waals surface area (Å²) in [6.07, 6.45) is -1.35. The van der Waals surface area contributed by atoms with Gasteiger partial charge in [-0.1, -0.05) is 53.5 Å². The van der Waals surface area contributed by atoms with Crippen molar-refractivity contribution >= 4 is 41.0 Å². The van der Waals surface area contributed by atoms with Gasteiger partial charge in [-0.25, -0.2) is 4.79 Å². The Bertz CT molecular complexity index is 1180. The predicted molar refractivity (Wildman–Crippen MR) is 123 cm³/mol. The molecule has 0 bridgehead atoms. The van der Waals surface area contributed by atoms with Crippen LogP contribution < -0.4 is 5.32 Å². The number of ketones is 1. The van der Waals surface area contributed by atoms with E-state index in [0.717, 1.165) is 15.9 Å². The number of hydrogen-bond acceptors (Lipinski definition) is 7. The van der Waals surface area contributed by atoms with E-state index in [0.29, 0.717) is 15.6 Å². The number of alkyl carbamates (subject to hydrolysis) is 1. The molecule has 34 heavy (non-hydrogen) atoms. The number of benzene rings is 2. The van der Waals surface area contributed by atoms with E-state index in [1.807, 2.05) is 19.1 Å². The van der Waals surface area contributed by atoms with Crippen molar-refractivity contribution in [2.24, 2.45) is 0 Å². The standard InChI is InChI=1S/C22H21Cl2N5O5/c1-13-5-2-3-6-14(13)12-34-22(33)25-18(10-21(31)32)19(30)11-29-27-20(26-28-29)9-15-16(23)7-4-8-17(15)24/h2-8,18H,9-12H2,1H3,(H,25,33)(H,31,32). The van der Waals surface area contributed by atoms with Gasteiger partial charge in [0.2, 0.25) is 0 Å². The Hall–Kier alpha value is -3.50. The summed E-state index contributed by atoms with van der Waals surface area (Å²) in [4.78, 5) is 37.1.